The largest absolute Gasteiger partial charge is 0.382 e. The summed E-state index contributed by atoms with van der Waals surface area (Å²) in [6.07, 6.45) is 3.57. The zero-order valence-electron chi connectivity index (χ0n) is 10.5. The molecule has 1 atom stereocenters. The topological polar surface area (TPSA) is 18.5 Å². The SMILES string of the molecule is COCCOCCCC(C)(C)CC(C)Br. The molecule has 0 spiro atoms. The maximum atomic E-state index is 5.44. The quantitative estimate of drug-likeness (QED) is 0.474. The van der Waals surface area contributed by atoms with Crippen molar-refractivity contribution in [3.63, 3.8) is 0 Å². The molecule has 0 aliphatic carbocycles. The Morgan fingerprint density at radius 3 is 2.40 bits per heavy atom. The molecule has 0 amide bonds. The molecule has 0 aromatic rings. The molecule has 0 N–H and O–H groups in total. The van der Waals surface area contributed by atoms with Crippen LogP contribution in [0.15, 0.2) is 0 Å². The van der Waals surface area contributed by atoms with Gasteiger partial charge in [-0.05, 0) is 24.7 Å². The van der Waals surface area contributed by atoms with Crippen LogP contribution in [-0.2, 0) is 9.47 Å². The van der Waals surface area contributed by atoms with E-state index in [1.165, 1.54) is 12.8 Å². The summed E-state index contributed by atoms with van der Waals surface area (Å²) < 4.78 is 10.3. The van der Waals surface area contributed by atoms with Crippen LogP contribution < -0.4 is 0 Å². The predicted octanol–water partition coefficient (Wildman–Crippen LogP) is 3.63. The van der Waals surface area contributed by atoms with Crippen molar-refractivity contribution in [2.75, 3.05) is 26.9 Å². The molecule has 3 heteroatoms. The van der Waals surface area contributed by atoms with E-state index >= 15 is 0 Å². The van der Waals surface area contributed by atoms with Crippen LogP contribution in [0.3, 0.4) is 0 Å². The van der Waals surface area contributed by atoms with E-state index in [9.17, 15) is 0 Å². The Hall–Kier alpha value is 0.400. The highest BCUT2D eigenvalue weighted by Gasteiger charge is 2.19. The van der Waals surface area contributed by atoms with Crippen molar-refractivity contribution in [2.45, 2.75) is 44.9 Å². The Labute approximate surface area is 103 Å². The van der Waals surface area contributed by atoms with E-state index in [2.05, 4.69) is 36.7 Å². The number of methoxy groups -OCH3 is 1. The molecule has 0 rings (SSSR count). The summed E-state index contributed by atoms with van der Waals surface area (Å²) in [6.45, 7) is 9.10. The Bertz CT molecular complexity index is 147. The normalized spacial score (nSPS) is 14.2. The summed E-state index contributed by atoms with van der Waals surface area (Å²) in [5, 5.41) is 0. The Morgan fingerprint density at radius 1 is 1.20 bits per heavy atom. The molecule has 0 saturated heterocycles. The predicted molar refractivity (Wildman–Crippen MR) is 68.7 cm³/mol. The average molecular weight is 281 g/mol. The van der Waals surface area contributed by atoms with Crippen LogP contribution in [0.4, 0.5) is 0 Å². The first-order valence-corrected chi connectivity index (χ1v) is 6.60. The van der Waals surface area contributed by atoms with Crippen molar-refractivity contribution in [2.24, 2.45) is 5.41 Å². The van der Waals surface area contributed by atoms with Gasteiger partial charge in [0, 0.05) is 18.5 Å². The molecular weight excluding hydrogens is 256 g/mol. The van der Waals surface area contributed by atoms with Crippen molar-refractivity contribution in [1.82, 2.24) is 0 Å². The lowest BCUT2D eigenvalue weighted by molar-refractivity contribution is 0.0645. The average Bonchev–Trinajstić information content (AvgIpc) is 2.08. The zero-order chi connectivity index (χ0) is 11.7. The van der Waals surface area contributed by atoms with Crippen LogP contribution in [0.25, 0.3) is 0 Å². The lowest BCUT2D eigenvalue weighted by Crippen LogP contribution is -2.16. The van der Waals surface area contributed by atoms with Gasteiger partial charge in [0.15, 0.2) is 0 Å². The van der Waals surface area contributed by atoms with Gasteiger partial charge in [-0.25, -0.2) is 0 Å². The molecule has 0 fully saturated rings. The van der Waals surface area contributed by atoms with Crippen molar-refractivity contribution in [1.29, 1.82) is 0 Å². The maximum Gasteiger partial charge on any atom is 0.0700 e. The molecule has 0 heterocycles. The molecule has 2 nitrogen and oxygen atoms in total. The van der Waals surface area contributed by atoms with E-state index in [4.69, 9.17) is 9.47 Å². The lowest BCUT2D eigenvalue weighted by atomic mass is 9.83. The van der Waals surface area contributed by atoms with Gasteiger partial charge in [0.25, 0.3) is 0 Å². The van der Waals surface area contributed by atoms with Gasteiger partial charge in [-0.1, -0.05) is 36.7 Å². The van der Waals surface area contributed by atoms with Crippen LogP contribution in [0.2, 0.25) is 0 Å². The van der Waals surface area contributed by atoms with Crippen LogP contribution >= 0.6 is 15.9 Å². The van der Waals surface area contributed by atoms with E-state index in [-0.39, 0.29) is 0 Å². The molecule has 1 unspecified atom stereocenters. The zero-order valence-corrected chi connectivity index (χ0v) is 12.1. The first kappa shape index (κ1) is 15.4. The van der Waals surface area contributed by atoms with Gasteiger partial charge >= 0.3 is 0 Å². The Kier molecular flexibility index (Phi) is 8.77. The van der Waals surface area contributed by atoms with Crippen LogP contribution in [0.1, 0.15) is 40.0 Å². The van der Waals surface area contributed by atoms with Gasteiger partial charge in [-0.3, -0.25) is 0 Å². The van der Waals surface area contributed by atoms with E-state index in [1.54, 1.807) is 7.11 Å². The number of alkyl halides is 1. The molecule has 0 saturated carbocycles. The maximum absolute atomic E-state index is 5.44. The fourth-order valence-electron chi connectivity index (χ4n) is 1.76. The number of hydrogen-bond acceptors (Lipinski definition) is 2. The lowest BCUT2D eigenvalue weighted by Gasteiger charge is -2.25. The standard InChI is InChI=1S/C12H25BrO2/c1-11(13)10-12(2,3)6-5-7-15-9-8-14-4/h11H,5-10H2,1-4H3. The molecule has 92 valence electrons. The molecule has 0 aromatic heterocycles. The van der Waals surface area contributed by atoms with Crippen LogP contribution in [0, 0.1) is 5.41 Å². The second-order valence-electron chi connectivity index (χ2n) is 4.86. The van der Waals surface area contributed by atoms with Gasteiger partial charge in [0.2, 0.25) is 0 Å². The molecule has 0 aromatic carbocycles. The molecule has 0 aliphatic heterocycles. The fourth-order valence-corrected chi connectivity index (χ4v) is 2.64. The number of ether oxygens (including phenoxy) is 2. The van der Waals surface area contributed by atoms with Gasteiger partial charge in [0.05, 0.1) is 13.2 Å². The third-order valence-corrected chi connectivity index (χ3v) is 2.73. The fraction of sp³-hybridized carbons (Fsp3) is 1.00. The number of rotatable bonds is 9. The van der Waals surface area contributed by atoms with Gasteiger partial charge in [-0.15, -0.1) is 0 Å². The van der Waals surface area contributed by atoms with E-state index in [1.807, 2.05) is 0 Å². The van der Waals surface area contributed by atoms with Crippen molar-refractivity contribution in [3.05, 3.63) is 0 Å². The van der Waals surface area contributed by atoms with Crippen LogP contribution in [-0.4, -0.2) is 31.8 Å². The second kappa shape index (κ2) is 8.54. The highest BCUT2D eigenvalue weighted by atomic mass is 79.9. The highest BCUT2D eigenvalue weighted by Crippen LogP contribution is 2.30. The summed E-state index contributed by atoms with van der Waals surface area (Å²) in [6, 6.07) is 0. The van der Waals surface area contributed by atoms with Gasteiger partial charge in [-0.2, -0.15) is 0 Å². The molecule has 0 radical (unpaired) electrons. The van der Waals surface area contributed by atoms with E-state index in [0.717, 1.165) is 13.0 Å². The van der Waals surface area contributed by atoms with E-state index in [0.29, 0.717) is 23.5 Å². The first-order valence-electron chi connectivity index (χ1n) is 5.69. The van der Waals surface area contributed by atoms with Gasteiger partial charge in [0.1, 0.15) is 0 Å². The number of hydrogen-bond donors (Lipinski definition) is 0. The van der Waals surface area contributed by atoms with Crippen molar-refractivity contribution in [3.8, 4) is 0 Å². The number of halogens is 1. The Balaban J connectivity index is 3.40. The molecule has 0 bridgehead atoms. The molecule has 15 heavy (non-hydrogen) atoms. The second-order valence-corrected chi connectivity index (χ2v) is 6.42. The van der Waals surface area contributed by atoms with Crippen LogP contribution in [0.5, 0.6) is 0 Å². The summed E-state index contributed by atoms with van der Waals surface area (Å²) in [7, 11) is 1.70. The van der Waals surface area contributed by atoms with Crippen molar-refractivity contribution >= 4 is 15.9 Å². The smallest absolute Gasteiger partial charge is 0.0700 e. The molecular formula is C12H25BrO2. The summed E-state index contributed by atoms with van der Waals surface area (Å²) in [5.41, 5.74) is 0.410. The van der Waals surface area contributed by atoms with Crippen molar-refractivity contribution < 1.29 is 9.47 Å². The van der Waals surface area contributed by atoms with E-state index < -0.39 is 0 Å². The summed E-state index contributed by atoms with van der Waals surface area (Å²) >= 11 is 3.61. The highest BCUT2D eigenvalue weighted by molar-refractivity contribution is 9.09. The monoisotopic (exact) mass is 280 g/mol. The minimum absolute atomic E-state index is 0.410. The minimum atomic E-state index is 0.410. The third kappa shape index (κ3) is 10.7. The minimum Gasteiger partial charge on any atom is -0.382 e. The van der Waals surface area contributed by atoms with Gasteiger partial charge < -0.3 is 9.47 Å². The first-order chi connectivity index (χ1) is 6.98. The summed E-state index contributed by atoms with van der Waals surface area (Å²) in [4.78, 5) is 0.599. The Morgan fingerprint density at radius 2 is 1.87 bits per heavy atom. The third-order valence-electron chi connectivity index (χ3n) is 2.41. The molecule has 0 aliphatic rings. The summed E-state index contributed by atoms with van der Waals surface area (Å²) in [5.74, 6) is 0.